The molecule has 1 heterocycles. The summed E-state index contributed by atoms with van der Waals surface area (Å²) >= 11 is 0. The number of benzene rings is 2. The van der Waals surface area contributed by atoms with Gasteiger partial charge in [-0.05, 0) is 54.8 Å². The SMILES string of the molecule is COc1ccc(CC(=O)N2CCC(C(=O)Nc3ccc(C#N)cc3)CC2)cc1. The number of nitriles is 1. The summed E-state index contributed by atoms with van der Waals surface area (Å²) in [5.74, 6) is 0.703. The van der Waals surface area contributed by atoms with Crippen LogP contribution in [-0.4, -0.2) is 36.9 Å². The van der Waals surface area contributed by atoms with E-state index in [-0.39, 0.29) is 17.7 Å². The first kappa shape index (κ1) is 19.4. The highest BCUT2D eigenvalue weighted by Crippen LogP contribution is 2.21. The van der Waals surface area contributed by atoms with Crippen LogP contribution in [0.2, 0.25) is 0 Å². The van der Waals surface area contributed by atoms with Crippen LogP contribution in [0.25, 0.3) is 0 Å². The van der Waals surface area contributed by atoms with Crippen molar-refractivity contribution in [3.05, 3.63) is 59.7 Å². The fourth-order valence-corrected chi connectivity index (χ4v) is 3.29. The van der Waals surface area contributed by atoms with Crippen LogP contribution in [0.15, 0.2) is 48.5 Å². The maximum Gasteiger partial charge on any atom is 0.227 e. The third-order valence-electron chi connectivity index (χ3n) is 5.01. The Morgan fingerprint density at radius 2 is 1.75 bits per heavy atom. The van der Waals surface area contributed by atoms with Gasteiger partial charge in [-0.2, -0.15) is 5.26 Å². The summed E-state index contributed by atoms with van der Waals surface area (Å²) in [6.07, 6.45) is 1.65. The highest BCUT2D eigenvalue weighted by Gasteiger charge is 2.27. The number of methoxy groups -OCH3 is 1. The molecule has 0 spiro atoms. The Morgan fingerprint density at radius 3 is 2.32 bits per heavy atom. The third kappa shape index (κ3) is 4.89. The van der Waals surface area contributed by atoms with Crippen LogP contribution in [0.3, 0.4) is 0 Å². The second kappa shape index (κ2) is 9.05. The van der Waals surface area contributed by atoms with Crippen molar-refractivity contribution in [3.8, 4) is 11.8 Å². The molecule has 0 radical (unpaired) electrons. The number of hydrogen-bond donors (Lipinski definition) is 1. The van der Waals surface area contributed by atoms with Crippen molar-refractivity contribution in [2.24, 2.45) is 5.92 Å². The van der Waals surface area contributed by atoms with E-state index in [9.17, 15) is 9.59 Å². The van der Waals surface area contributed by atoms with Crippen LogP contribution in [0.5, 0.6) is 5.75 Å². The summed E-state index contributed by atoms with van der Waals surface area (Å²) < 4.78 is 5.13. The van der Waals surface area contributed by atoms with E-state index in [1.54, 1.807) is 31.4 Å². The zero-order valence-corrected chi connectivity index (χ0v) is 15.9. The van der Waals surface area contributed by atoms with Gasteiger partial charge in [0.15, 0.2) is 0 Å². The highest BCUT2D eigenvalue weighted by molar-refractivity contribution is 5.92. The van der Waals surface area contributed by atoms with E-state index >= 15 is 0 Å². The van der Waals surface area contributed by atoms with Crippen LogP contribution in [0.1, 0.15) is 24.0 Å². The molecule has 1 aliphatic rings. The zero-order valence-electron chi connectivity index (χ0n) is 15.9. The van der Waals surface area contributed by atoms with E-state index in [1.807, 2.05) is 29.2 Å². The Labute approximate surface area is 164 Å². The monoisotopic (exact) mass is 377 g/mol. The molecule has 1 N–H and O–H groups in total. The first-order valence-corrected chi connectivity index (χ1v) is 9.31. The Balaban J connectivity index is 1.48. The summed E-state index contributed by atoms with van der Waals surface area (Å²) in [6, 6.07) is 16.4. The van der Waals surface area contributed by atoms with Crippen molar-refractivity contribution in [1.29, 1.82) is 5.26 Å². The number of nitrogens with zero attached hydrogens (tertiary/aromatic N) is 2. The Bertz CT molecular complexity index is 861. The first-order chi connectivity index (χ1) is 13.6. The van der Waals surface area contributed by atoms with Crippen molar-refractivity contribution < 1.29 is 14.3 Å². The number of carbonyl (C=O) groups excluding carboxylic acids is 2. The van der Waals surface area contributed by atoms with Crippen molar-refractivity contribution in [2.45, 2.75) is 19.3 Å². The molecule has 2 aromatic carbocycles. The van der Waals surface area contributed by atoms with Crippen molar-refractivity contribution in [2.75, 3.05) is 25.5 Å². The minimum atomic E-state index is -0.110. The number of ether oxygens (including phenoxy) is 1. The van der Waals surface area contributed by atoms with E-state index in [2.05, 4.69) is 11.4 Å². The largest absolute Gasteiger partial charge is 0.497 e. The molecule has 0 aliphatic carbocycles. The molecular weight excluding hydrogens is 354 g/mol. The Kier molecular flexibility index (Phi) is 6.28. The van der Waals surface area contributed by atoms with E-state index in [0.717, 1.165) is 11.3 Å². The molecule has 0 bridgehead atoms. The molecule has 0 atom stereocenters. The Hall–Kier alpha value is -3.33. The van der Waals surface area contributed by atoms with Gasteiger partial charge in [0, 0.05) is 24.7 Å². The lowest BCUT2D eigenvalue weighted by Gasteiger charge is -2.31. The maximum absolute atomic E-state index is 12.5. The van der Waals surface area contributed by atoms with Crippen LogP contribution in [0, 0.1) is 17.2 Å². The lowest BCUT2D eigenvalue weighted by Crippen LogP contribution is -2.42. The molecule has 6 nitrogen and oxygen atoms in total. The minimum Gasteiger partial charge on any atom is -0.497 e. The van der Waals surface area contributed by atoms with Gasteiger partial charge in [0.2, 0.25) is 11.8 Å². The molecule has 1 saturated heterocycles. The van der Waals surface area contributed by atoms with E-state index in [4.69, 9.17) is 10.00 Å². The predicted molar refractivity (Wildman–Crippen MR) is 106 cm³/mol. The number of hydrogen-bond acceptors (Lipinski definition) is 4. The van der Waals surface area contributed by atoms with Gasteiger partial charge < -0.3 is 15.0 Å². The van der Waals surface area contributed by atoms with Crippen LogP contribution in [0.4, 0.5) is 5.69 Å². The van der Waals surface area contributed by atoms with E-state index in [1.165, 1.54) is 0 Å². The van der Waals surface area contributed by atoms with Crippen molar-refractivity contribution in [3.63, 3.8) is 0 Å². The van der Waals surface area contributed by atoms with E-state index in [0.29, 0.717) is 43.6 Å². The highest BCUT2D eigenvalue weighted by atomic mass is 16.5. The smallest absolute Gasteiger partial charge is 0.227 e. The molecule has 2 amide bonds. The number of piperidine rings is 1. The fourth-order valence-electron chi connectivity index (χ4n) is 3.29. The predicted octanol–water partition coefficient (Wildman–Crippen LogP) is 2.99. The van der Waals surface area contributed by atoms with Crippen molar-refractivity contribution >= 4 is 17.5 Å². The number of carbonyl (C=O) groups is 2. The molecule has 1 fully saturated rings. The number of amides is 2. The summed E-state index contributed by atoms with van der Waals surface area (Å²) in [4.78, 5) is 26.8. The molecule has 6 heteroatoms. The second-order valence-electron chi connectivity index (χ2n) is 6.86. The van der Waals surface area contributed by atoms with Gasteiger partial charge in [-0.25, -0.2) is 0 Å². The average molecular weight is 377 g/mol. The lowest BCUT2D eigenvalue weighted by atomic mass is 9.95. The molecule has 0 aromatic heterocycles. The Morgan fingerprint density at radius 1 is 1.11 bits per heavy atom. The standard InChI is InChI=1S/C22H23N3O3/c1-28-20-8-4-16(5-9-20)14-21(26)25-12-10-18(11-13-25)22(27)24-19-6-2-17(15-23)3-7-19/h2-9,18H,10-14H2,1H3,(H,24,27). The summed E-state index contributed by atoms with van der Waals surface area (Å²) in [6.45, 7) is 1.17. The normalized spacial score (nSPS) is 14.2. The fraction of sp³-hybridized carbons (Fsp3) is 0.318. The minimum absolute atomic E-state index is 0.0352. The van der Waals surface area contributed by atoms with Crippen molar-refractivity contribution in [1.82, 2.24) is 4.90 Å². The van der Waals surface area contributed by atoms with Gasteiger partial charge in [-0.1, -0.05) is 12.1 Å². The third-order valence-corrected chi connectivity index (χ3v) is 5.01. The summed E-state index contributed by atoms with van der Waals surface area (Å²) in [5, 5.41) is 11.7. The number of likely N-dealkylation sites (tertiary alicyclic amines) is 1. The van der Waals surface area contributed by atoms with Gasteiger partial charge >= 0.3 is 0 Å². The average Bonchev–Trinajstić information content (AvgIpc) is 2.75. The lowest BCUT2D eigenvalue weighted by molar-refractivity contribution is -0.133. The number of anilines is 1. The molecule has 28 heavy (non-hydrogen) atoms. The molecule has 144 valence electrons. The first-order valence-electron chi connectivity index (χ1n) is 9.31. The van der Waals surface area contributed by atoms with Crippen LogP contribution in [-0.2, 0) is 16.0 Å². The maximum atomic E-state index is 12.5. The molecular formula is C22H23N3O3. The quantitative estimate of drug-likeness (QED) is 0.868. The number of rotatable bonds is 5. The van der Waals surface area contributed by atoms with Gasteiger partial charge in [-0.15, -0.1) is 0 Å². The second-order valence-corrected chi connectivity index (χ2v) is 6.86. The summed E-state index contributed by atoms with van der Waals surface area (Å²) in [7, 11) is 1.61. The van der Waals surface area contributed by atoms with Gasteiger partial charge in [-0.3, -0.25) is 9.59 Å². The summed E-state index contributed by atoms with van der Waals surface area (Å²) in [5.41, 5.74) is 2.19. The topological polar surface area (TPSA) is 82.4 Å². The van der Waals surface area contributed by atoms with Crippen LogP contribution < -0.4 is 10.1 Å². The molecule has 2 aromatic rings. The molecule has 0 unspecified atom stereocenters. The van der Waals surface area contributed by atoms with Gasteiger partial charge in [0.1, 0.15) is 5.75 Å². The zero-order chi connectivity index (χ0) is 19.9. The number of nitrogens with one attached hydrogen (secondary N) is 1. The molecule has 0 saturated carbocycles. The van der Waals surface area contributed by atoms with Crippen LogP contribution >= 0.6 is 0 Å². The molecule has 1 aliphatic heterocycles. The van der Waals surface area contributed by atoms with Gasteiger partial charge in [0.05, 0.1) is 25.2 Å². The molecule has 3 rings (SSSR count). The van der Waals surface area contributed by atoms with Gasteiger partial charge in [0.25, 0.3) is 0 Å². The van der Waals surface area contributed by atoms with E-state index < -0.39 is 0 Å².